The highest BCUT2D eigenvalue weighted by molar-refractivity contribution is 5.97. The normalized spacial score (nSPS) is 25.2. The van der Waals surface area contributed by atoms with Crippen molar-refractivity contribution >= 4 is 23.6 Å². The molecule has 3 N–H and O–H groups in total. The standard InChI is InChI=1S/C17H21N3O4/c1-18-14(21)11-4-2-6-13(8-11)19-16(24)20-9-12-5-3-7-17(12,10-20)15(22)23/h2,4,6,8,12H,3,5,7,9-10H2,1H3,(H,18,21)(H,19,24)(H,22,23)/t12-,17+/m0/s1. The van der Waals surface area contributed by atoms with E-state index in [2.05, 4.69) is 10.6 Å². The van der Waals surface area contributed by atoms with E-state index in [-0.39, 0.29) is 24.4 Å². The Labute approximate surface area is 140 Å². The van der Waals surface area contributed by atoms with Gasteiger partial charge >= 0.3 is 12.0 Å². The van der Waals surface area contributed by atoms with Gasteiger partial charge in [0.25, 0.3) is 5.91 Å². The molecule has 1 saturated heterocycles. The Morgan fingerprint density at radius 3 is 2.79 bits per heavy atom. The molecule has 3 amide bonds. The number of benzene rings is 1. The van der Waals surface area contributed by atoms with Crippen LogP contribution in [0.1, 0.15) is 29.6 Å². The molecule has 2 fully saturated rings. The highest BCUT2D eigenvalue weighted by atomic mass is 16.4. The Morgan fingerprint density at radius 1 is 1.33 bits per heavy atom. The molecule has 0 unspecified atom stereocenters. The van der Waals surface area contributed by atoms with Crippen molar-refractivity contribution in [2.45, 2.75) is 19.3 Å². The number of rotatable bonds is 3. The predicted molar refractivity (Wildman–Crippen MR) is 87.8 cm³/mol. The summed E-state index contributed by atoms with van der Waals surface area (Å²) >= 11 is 0. The number of likely N-dealkylation sites (tertiary alicyclic amines) is 1. The zero-order valence-electron chi connectivity index (χ0n) is 13.5. The summed E-state index contributed by atoms with van der Waals surface area (Å²) in [5.74, 6) is -1.01. The number of amides is 3. The van der Waals surface area contributed by atoms with E-state index in [4.69, 9.17) is 0 Å². The number of carbonyl (C=O) groups excluding carboxylic acids is 2. The van der Waals surface area contributed by atoms with Gasteiger partial charge in [-0.2, -0.15) is 0 Å². The lowest BCUT2D eigenvalue weighted by Gasteiger charge is -2.23. The summed E-state index contributed by atoms with van der Waals surface area (Å²) in [4.78, 5) is 37.4. The summed E-state index contributed by atoms with van der Waals surface area (Å²) in [5.41, 5.74) is 0.180. The van der Waals surface area contributed by atoms with E-state index in [1.165, 1.54) is 0 Å². The third-order valence-electron chi connectivity index (χ3n) is 5.19. The van der Waals surface area contributed by atoms with E-state index in [0.717, 1.165) is 12.8 Å². The minimum absolute atomic E-state index is 0.0259. The zero-order chi connectivity index (χ0) is 17.3. The topological polar surface area (TPSA) is 98.7 Å². The van der Waals surface area contributed by atoms with Crippen molar-refractivity contribution in [3.05, 3.63) is 29.8 Å². The molecule has 2 atom stereocenters. The molecule has 1 aromatic carbocycles. The number of nitrogens with one attached hydrogen (secondary N) is 2. The van der Waals surface area contributed by atoms with Crippen LogP contribution in [-0.4, -0.2) is 48.1 Å². The van der Waals surface area contributed by atoms with Gasteiger partial charge in [0, 0.05) is 31.4 Å². The number of hydrogen-bond acceptors (Lipinski definition) is 3. The quantitative estimate of drug-likeness (QED) is 0.786. The first-order valence-corrected chi connectivity index (χ1v) is 8.08. The van der Waals surface area contributed by atoms with Crippen molar-refractivity contribution in [2.75, 3.05) is 25.5 Å². The van der Waals surface area contributed by atoms with Crippen LogP contribution in [0, 0.1) is 11.3 Å². The highest BCUT2D eigenvalue weighted by Crippen LogP contribution is 2.48. The number of fused-ring (bicyclic) bond motifs is 1. The molecule has 1 aliphatic carbocycles. The molecular formula is C17H21N3O4. The first kappa shape index (κ1) is 16.3. The molecule has 0 bridgehead atoms. The van der Waals surface area contributed by atoms with Crippen molar-refractivity contribution in [3.8, 4) is 0 Å². The van der Waals surface area contributed by atoms with Gasteiger partial charge < -0.3 is 20.6 Å². The minimum atomic E-state index is -0.804. The molecule has 1 heterocycles. The molecule has 128 valence electrons. The number of carbonyl (C=O) groups is 3. The first-order valence-electron chi connectivity index (χ1n) is 8.08. The fourth-order valence-corrected chi connectivity index (χ4v) is 3.88. The Morgan fingerprint density at radius 2 is 2.12 bits per heavy atom. The van der Waals surface area contributed by atoms with Gasteiger partial charge in [-0.3, -0.25) is 9.59 Å². The summed E-state index contributed by atoms with van der Waals surface area (Å²) in [7, 11) is 1.54. The van der Waals surface area contributed by atoms with E-state index in [1.807, 2.05) is 0 Å². The van der Waals surface area contributed by atoms with Crippen molar-refractivity contribution in [1.29, 1.82) is 0 Å². The lowest BCUT2D eigenvalue weighted by molar-refractivity contribution is -0.149. The smallest absolute Gasteiger partial charge is 0.321 e. The van der Waals surface area contributed by atoms with Crippen molar-refractivity contribution < 1.29 is 19.5 Å². The fraction of sp³-hybridized carbons (Fsp3) is 0.471. The number of carboxylic acids is 1. The molecule has 0 radical (unpaired) electrons. The van der Waals surface area contributed by atoms with Crippen LogP contribution in [0.25, 0.3) is 0 Å². The highest BCUT2D eigenvalue weighted by Gasteiger charge is 2.55. The Bertz CT molecular complexity index is 690. The maximum atomic E-state index is 12.5. The van der Waals surface area contributed by atoms with E-state index in [0.29, 0.717) is 24.2 Å². The number of aliphatic carboxylic acids is 1. The predicted octanol–water partition coefficient (Wildman–Crippen LogP) is 1.76. The van der Waals surface area contributed by atoms with Crippen LogP contribution >= 0.6 is 0 Å². The number of carboxylic acid groups (broad SMARTS) is 1. The van der Waals surface area contributed by atoms with Crippen LogP contribution in [0.3, 0.4) is 0 Å². The van der Waals surface area contributed by atoms with Crippen molar-refractivity contribution in [3.63, 3.8) is 0 Å². The number of nitrogens with zero attached hydrogens (tertiary/aromatic N) is 1. The molecule has 0 aromatic heterocycles. The molecule has 0 spiro atoms. The van der Waals surface area contributed by atoms with Gasteiger partial charge in [-0.1, -0.05) is 12.5 Å². The lowest BCUT2D eigenvalue weighted by Crippen LogP contribution is -2.38. The largest absolute Gasteiger partial charge is 0.481 e. The Kier molecular flexibility index (Phi) is 4.17. The molecule has 7 nitrogen and oxygen atoms in total. The SMILES string of the molecule is CNC(=O)c1cccc(NC(=O)N2C[C@@H]3CCC[C@@]3(C(=O)O)C2)c1. The maximum Gasteiger partial charge on any atom is 0.321 e. The third kappa shape index (κ3) is 2.70. The van der Waals surface area contributed by atoms with Gasteiger partial charge in [0.2, 0.25) is 0 Å². The monoisotopic (exact) mass is 331 g/mol. The van der Waals surface area contributed by atoms with Crippen LogP contribution in [0.4, 0.5) is 10.5 Å². The lowest BCUT2D eigenvalue weighted by atomic mass is 9.81. The molecule has 7 heteroatoms. The maximum absolute atomic E-state index is 12.5. The summed E-state index contributed by atoms with van der Waals surface area (Å²) in [5, 5.41) is 14.9. The molecule has 2 aliphatic rings. The minimum Gasteiger partial charge on any atom is -0.481 e. The van der Waals surface area contributed by atoms with Crippen LogP contribution < -0.4 is 10.6 Å². The Balaban J connectivity index is 1.71. The van der Waals surface area contributed by atoms with Gasteiger partial charge in [0.05, 0.1) is 5.41 Å². The first-order chi connectivity index (χ1) is 11.5. The van der Waals surface area contributed by atoms with Crippen LogP contribution in [0.5, 0.6) is 0 Å². The average molecular weight is 331 g/mol. The Hall–Kier alpha value is -2.57. The van der Waals surface area contributed by atoms with E-state index < -0.39 is 11.4 Å². The molecular weight excluding hydrogens is 310 g/mol. The molecule has 1 saturated carbocycles. The number of hydrogen-bond donors (Lipinski definition) is 3. The van der Waals surface area contributed by atoms with Crippen molar-refractivity contribution in [1.82, 2.24) is 10.2 Å². The van der Waals surface area contributed by atoms with Gasteiger partial charge in [0.15, 0.2) is 0 Å². The van der Waals surface area contributed by atoms with E-state index in [1.54, 1.807) is 36.2 Å². The molecule has 24 heavy (non-hydrogen) atoms. The zero-order valence-corrected chi connectivity index (χ0v) is 13.5. The second kappa shape index (κ2) is 6.14. The second-order valence-corrected chi connectivity index (χ2v) is 6.52. The molecule has 1 aliphatic heterocycles. The second-order valence-electron chi connectivity index (χ2n) is 6.52. The summed E-state index contributed by atoms with van der Waals surface area (Å²) in [6.45, 7) is 0.710. The number of urea groups is 1. The van der Waals surface area contributed by atoms with E-state index in [9.17, 15) is 19.5 Å². The molecule has 3 rings (SSSR count). The number of anilines is 1. The van der Waals surface area contributed by atoms with Crippen molar-refractivity contribution in [2.24, 2.45) is 11.3 Å². The van der Waals surface area contributed by atoms with Gasteiger partial charge in [-0.15, -0.1) is 0 Å². The summed E-state index contributed by atoms with van der Waals surface area (Å²) in [6.07, 6.45) is 2.38. The van der Waals surface area contributed by atoms with Crippen LogP contribution in [0.15, 0.2) is 24.3 Å². The average Bonchev–Trinajstić information content (AvgIpc) is 3.12. The van der Waals surface area contributed by atoms with E-state index >= 15 is 0 Å². The summed E-state index contributed by atoms with van der Waals surface area (Å²) in [6, 6.07) is 6.33. The van der Waals surface area contributed by atoms with Crippen LogP contribution in [0.2, 0.25) is 0 Å². The summed E-state index contributed by atoms with van der Waals surface area (Å²) < 4.78 is 0. The molecule has 1 aromatic rings. The third-order valence-corrected chi connectivity index (χ3v) is 5.19. The fourth-order valence-electron chi connectivity index (χ4n) is 3.88. The van der Waals surface area contributed by atoms with Gasteiger partial charge in [-0.25, -0.2) is 4.79 Å². The van der Waals surface area contributed by atoms with Gasteiger partial charge in [0.1, 0.15) is 0 Å². The van der Waals surface area contributed by atoms with Gasteiger partial charge in [-0.05, 0) is 37.0 Å². The van der Waals surface area contributed by atoms with Crippen LogP contribution in [-0.2, 0) is 4.79 Å².